The number of aliphatic imine (C=N–C) groups is 1. The molecule has 1 fully saturated rings. The Bertz CT molecular complexity index is 1020. The molecular weight excluding hydrogens is 400 g/mol. The highest BCUT2D eigenvalue weighted by Crippen LogP contribution is 2.14. The second kappa shape index (κ2) is 11.1. The molecule has 2 N–H and O–H groups in total. The number of benzene rings is 1. The van der Waals surface area contributed by atoms with E-state index in [0.717, 1.165) is 63.2 Å². The van der Waals surface area contributed by atoms with Crippen molar-refractivity contribution in [2.75, 3.05) is 39.3 Å². The van der Waals surface area contributed by atoms with E-state index >= 15 is 0 Å². The molecule has 1 saturated heterocycles. The van der Waals surface area contributed by atoms with Crippen LogP contribution in [0.5, 0.6) is 0 Å². The van der Waals surface area contributed by atoms with Gasteiger partial charge in [-0.05, 0) is 36.7 Å². The number of guanidine groups is 1. The van der Waals surface area contributed by atoms with E-state index in [4.69, 9.17) is 4.99 Å². The summed E-state index contributed by atoms with van der Waals surface area (Å²) in [4.78, 5) is 9.92. The fraction of sp³-hybridized carbons (Fsp3) is 0.458. The summed E-state index contributed by atoms with van der Waals surface area (Å²) in [7, 11) is 0. The number of aromatic nitrogens is 3. The number of piperazine rings is 1. The minimum atomic E-state index is 0.556. The lowest BCUT2D eigenvalue weighted by Gasteiger charge is -2.34. The van der Waals surface area contributed by atoms with Crippen LogP contribution >= 0.6 is 0 Å². The molecule has 0 bridgehead atoms. The first-order chi connectivity index (χ1) is 15.8. The predicted octanol–water partition coefficient (Wildman–Crippen LogP) is 2.12. The summed E-state index contributed by atoms with van der Waals surface area (Å²) in [5, 5.41) is 15.3. The molecule has 1 aromatic carbocycles. The number of nitrogens with one attached hydrogen (secondary N) is 2. The van der Waals surface area contributed by atoms with Crippen LogP contribution in [0.3, 0.4) is 0 Å². The molecule has 0 unspecified atom stereocenters. The number of rotatable bonds is 8. The van der Waals surface area contributed by atoms with Gasteiger partial charge in [0.25, 0.3) is 0 Å². The van der Waals surface area contributed by atoms with Crippen LogP contribution < -0.4 is 10.6 Å². The number of hydrogen-bond acceptors (Lipinski definition) is 5. The maximum Gasteiger partial charge on any atom is 0.191 e. The first-order valence-electron chi connectivity index (χ1n) is 11.6. The quantitative estimate of drug-likeness (QED) is 0.418. The van der Waals surface area contributed by atoms with Gasteiger partial charge >= 0.3 is 0 Å². The minimum absolute atomic E-state index is 0.556. The first kappa shape index (κ1) is 22.2. The van der Waals surface area contributed by atoms with Crippen molar-refractivity contribution in [3.63, 3.8) is 0 Å². The molecule has 0 atom stereocenters. The topological polar surface area (TPSA) is 73.1 Å². The number of nitrogens with zero attached hydrogens (tertiary/aromatic N) is 6. The highest BCUT2D eigenvalue weighted by molar-refractivity contribution is 5.79. The van der Waals surface area contributed by atoms with Crippen LogP contribution in [0, 0.1) is 0 Å². The second-order valence-corrected chi connectivity index (χ2v) is 8.07. The van der Waals surface area contributed by atoms with Crippen molar-refractivity contribution in [2.24, 2.45) is 4.99 Å². The van der Waals surface area contributed by atoms with Gasteiger partial charge in [0.2, 0.25) is 0 Å². The van der Waals surface area contributed by atoms with E-state index < -0.39 is 0 Å². The van der Waals surface area contributed by atoms with Crippen molar-refractivity contribution in [1.29, 1.82) is 0 Å². The van der Waals surface area contributed by atoms with Crippen LogP contribution in [0.4, 0.5) is 0 Å². The van der Waals surface area contributed by atoms with Gasteiger partial charge in [-0.3, -0.25) is 9.30 Å². The largest absolute Gasteiger partial charge is 0.357 e. The average Bonchev–Trinajstić information content (AvgIpc) is 3.25. The first-order valence-corrected chi connectivity index (χ1v) is 11.6. The van der Waals surface area contributed by atoms with Gasteiger partial charge in [0, 0.05) is 45.5 Å². The summed E-state index contributed by atoms with van der Waals surface area (Å²) in [6.07, 6.45) is 1.98. The highest BCUT2D eigenvalue weighted by atomic mass is 15.3. The van der Waals surface area contributed by atoms with Gasteiger partial charge in [-0.25, -0.2) is 4.99 Å². The molecule has 170 valence electrons. The molecule has 8 heteroatoms. The van der Waals surface area contributed by atoms with Gasteiger partial charge in [-0.1, -0.05) is 37.3 Å². The lowest BCUT2D eigenvalue weighted by molar-refractivity contribution is 0.131. The normalized spacial score (nSPS) is 15.9. The third-order valence-corrected chi connectivity index (χ3v) is 5.97. The lowest BCUT2D eigenvalue weighted by Crippen LogP contribution is -2.45. The van der Waals surface area contributed by atoms with E-state index in [-0.39, 0.29) is 0 Å². The summed E-state index contributed by atoms with van der Waals surface area (Å²) < 4.78 is 1.99. The van der Waals surface area contributed by atoms with Crippen LogP contribution in [-0.2, 0) is 19.6 Å². The maximum absolute atomic E-state index is 4.85. The van der Waals surface area contributed by atoms with Crippen LogP contribution in [0.15, 0.2) is 53.7 Å². The molecule has 1 aliphatic rings. The smallest absolute Gasteiger partial charge is 0.191 e. The Balaban J connectivity index is 1.40. The Morgan fingerprint density at radius 3 is 2.44 bits per heavy atom. The SMILES string of the molecule is CCNC(=NCc1ccccc1CN1CCN(CC)CC1)NCc1nnc2ccccn12. The van der Waals surface area contributed by atoms with Crippen molar-refractivity contribution in [1.82, 2.24) is 35.0 Å². The molecule has 32 heavy (non-hydrogen) atoms. The summed E-state index contributed by atoms with van der Waals surface area (Å²) in [6, 6.07) is 14.6. The maximum atomic E-state index is 4.85. The van der Waals surface area contributed by atoms with E-state index in [0.29, 0.717) is 13.1 Å². The minimum Gasteiger partial charge on any atom is -0.357 e. The second-order valence-electron chi connectivity index (χ2n) is 8.07. The Kier molecular flexibility index (Phi) is 7.68. The number of fused-ring (bicyclic) bond motifs is 1. The van der Waals surface area contributed by atoms with Crippen molar-refractivity contribution >= 4 is 11.6 Å². The van der Waals surface area contributed by atoms with Crippen LogP contribution in [0.1, 0.15) is 30.8 Å². The highest BCUT2D eigenvalue weighted by Gasteiger charge is 2.16. The molecule has 0 radical (unpaired) electrons. The van der Waals surface area contributed by atoms with E-state index in [1.54, 1.807) is 0 Å². The monoisotopic (exact) mass is 434 g/mol. The molecular formula is C24H34N8. The van der Waals surface area contributed by atoms with E-state index in [1.807, 2.05) is 28.8 Å². The number of hydrogen-bond donors (Lipinski definition) is 2. The summed E-state index contributed by atoms with van der Waals surface area (Å²) >= 11 is 0. The Hall–Kier alpha value is -2.97. The molecule has 3 heterocycles. The molecule has 0 aliphatic carbocycles. The molecule has 3 aromatic rings. The van der Waals surface area contributed by atoms with Gasteiger partial charge in [0.15, 0.2) is 17.4 Å². The molecule has 8 nitrogen and oxygen atoms in total. The van der Waals surface area contributed by atoms with Crippen molar-refractivity contribution in [3.05, 3.63) is 65.6 Å². The Morgan fingerprint density at radius 2 is 1.66 bits per heavy atom. The van der Waals surface area contributed by atoms with Crippen LogP contribution in [0.2, 0.25) is 0 Å². The number of likely N-dealkylation sites (N-methyl/N-ethyl adjacent to an activating group) is 1. The average molecular weight is 435 g/mol. The van der Waals surface area contributed by atoms with Gasteiger partial charge in [-0.15, -0.1) is 10.2 Å². The van der Waals surface area contributed by atoms with Crippen LogP contribution in [0.25, 0.3) is 5.65 Å². The standard InChI is InChI=1S/C24H34N8/c1-3-25-24(27-18-23-29-28-22-11-7-8-12-32(22)23)26-17-20-9-5-6-10-21(20)19-31-15-13-30(4-2)14-16-31/h5-12H,3-4,13-19H2,1-2H3,(H2,25,26,27). The zero-order chi connectivity index (χ0) is 22.2. The van der Waals surface area contributed by atoms with E-state index in [2.05, 4.69) is 68.7 Å². The third kappa shape index (κ3) is 5.63. The van der Waals surface area contributed by atoms with Gasteiger partial charge in [-0.2, -0.15) is 0 Å². The van der Waals surface area contributed by atoms with E-state index in [1.165, 1.54) is 11.1 Å². The summed E-state index contributed by atoms with van der Waals surface area (Å²) in [5.74, 6) is 1.64. The van der Waals surface area contributed by atoms with Gasteiger partial charge < -0.3 is 15.5 Å². The molecule has 0 saturated carbocycles. The summed E-state index contributed by atoms with van der Waals surface area (Å²) in [6.45, 7) is 13.0. The molecule has 1 aliphatic heterocycles. The Morgan fingerprint density at radius 1 is 0.906 bits per heavy atom. The molecule has 0 spiro atoms. The van der Waals surface area contributed by atoms with E-state index in [9.17, 15) is 0 Å². The lowest BCUT2D eigenvalue weighted by atomic mass is 10.1. The molecule has 2 aromatic heterocycles. The van der Waals surface area contributed by atoms with Gasteiger partial charge in [0.05, 0.1) is 13.1 Å². The van der Waals surface area contributed by atoms with Crippen molar-refractivity contribution in [3.8, 4) is 0 Å². The number of pyridine rings is 1. The Labute approximate surface area is 190 Å². The summed E-state index contributed by atoms with van der Waals surface area (Å²) in [5.41, 5.74) is 3.48. The van der Waals surface area contributed by atoms with Crippen molar-refractivity contribution < 1.29 is 0 Å². The zero-order valence-electron chi connectivity index (χ0n) is 19.2. The van der Waals surface area contributed by atoms with Crippen molar-refractivity contribution in [2.45, 2.75) is 33.5 Å². The predicted molar refractivity (Wildman–Crippen MR) is 128 cm³/mol. The fourth-order valence-corrected chi connectivity index (χ4v) is 4.05. The third-order valence-electron chi connectivity index (χ3n) is 5.97. The fourth-order valence-electron chi connectivity index (χ4n) is 4.05. The molecule has 4 rings (SSSR count). The van der Waals surface area contributed by atoms with Crippen LogP contribution in [-0.4, -0.2) is 69.6 Å². The molecule has 0 amide bonds. The van der Waals surface area contributed by atoms with Gasteiger partial charge in [0.1, 0.15) is 0 Å². The zero-order valence-corrected chi connectivity index (χ0v) is 19.2.